The van der Waals surface area contributed by atoms with Crippen LogP contribution in [0.5, 0.6) is 0 Å². The molecule has 0 spiro atoms. The summed E-state index contributed by atoms with van der Waals surface area (Å²) in [7, 11) is 0. The molecule has 3 atom stereocenters. The number of ether oxygens (including phenoxy) is 1. The van der Waals surface area contributed by atoms with Crippen molar-refractivity contribution in [2.24, 2.45) is 0 Å². The summed E-state index contributed by atoms with van der Waals surface area (Å²) in [5, 5.41) is 23.8. The molecule has 0 aromatic carbocycles. The summed E-state index contributed by atoms with van der Waals surface area (Å²) in [6.45, 7) is 6.35. The Morgan fingerprint density at radius 2 is 0.879 bits per heavy atom. The van der Waals surface area contributed by atoms with Crippen LogP contribution in [0.2, 0.25) is 0 Å². The predicted molar refractivity (Wildman–Crippen MR) is 287 cm³/mol. The van der Waals surface area contributed by atoms with Gasteiger partial charge in [-0.1, -0.05) is 248 Å². The first kappa shape index (κ1) is 63.3. The second-order valence-electron chi connectivity index (χ2n) is 19.0. The summed E-state index contributed by atoms with van der Waals surface area (Å²) < 4.78 is 5.92. The number of aliphatic hydroxyl groups is 2. The fourth-order valence-electron chi connectivity index (χ4n) is 8.33. The van der Waals surface area contributed by atoms with Gasteiger partial charge in [0.2, 0.25) is 5.91 Å². The lowest BCUT2D eigenvalue weighted by Gasteiger charge is -2.24. The van der Waals surface area contributed by atoms with Gasteiger partial charge in [-0.05, 0) is 83.5 Å². The highest BCUT2D eigenvalue weighted by molar-refractivity contribution is 5.77. The Hall–Kier alpha value is -2.70. The largest absolute Gasteiger partial charge is 0.462 e. The molecule has 66 heavy (non-hydrogen) atoms. The highest BCUT2D eigenvalue weighted by Crippen LogP contribution is 2.18. The van der Waals surface area contributed by atoms with Gasteiger partial charge in [-0.2, -0.15) is 0 Å². The van der Waals surface area contributed by atoms with Crippen molar-refractivity contribution < 1.29 is 24.5 Å². The van der Waals surface area contributed by atoms with Gasteiger partial charge in [0, 0.05) is 6.42 Å². The van der Waals surface area contributed by atoms with Crippen molar-refractivity contribution in [1.29, 1.82) is 0 Å². The molecule has 0 fully saturated rings. The molecule has 0 radical (unpaired) electrons. The second kappa shape index (κ2) is 53.3. The Morgan fingerprint density at radius 3 is 1.38 bits per heavy atom. The molecule has 0 saturated heterocycles. The van der Waals surface area contributed by atoms with Crippen molar-refractivity contribution in [2.45, 2.75) is 289 Å². The zero-order valence-corrected chi connectivity index (χ0v) is 43.6. The maximum Gasteiger partial charge on any atom is 0.306 e. The van der Waals surface area contributed by atoms with Crippen LogP contribution in [-0.2, 0) is 14.3 Å². The lowest BCUT2D eigenvalue weighted by atomic mass is 10.0. The van der Waals surface area contributed by atoms with Crippen molar-refractivity contribution in [3.05, 3.63) is 72.9 Å². The second-order valence-corrected chi connectivity index (χ2v) is 19.0. The van der Waals surface area contributed by atoms with Crippen LogP contribution >= 0.6 is 0 Å². The van der Waals surface area contributed by atoms with Gasteiger partial charge in [-0.3, -0.25) is 9.59 Å². The molecule has 0 aliphatic heterocycles. The van der Waals surface area contributed by atoms with E-state index in [-0.39, 0.29) is 24.9 Å². The average Bonchev–Trinajstić information content (AvgIpc) is 3.31. The number of carbonyl (C=O) groups is 2. The number of unbranched alkanes of at least 4 members (excludes halogenated alkanes) is 28. The molecular formula is C60H107NO5. The monoisotopic (exact) mass is 922 g/mol. The molecular weight excluding hydrogens is 815 g/mol. The molecule has 0 rings (SSSR count). The Bertz CT molecular complexity index is 1220. The third kappa shape index (κ3) is 47.8. The van der Waals surface area contributed by atoms with Gasteiger partial charge >= 0.3 is 5.97 Å². The summed E-state index contributed by atoms with van der Waals surface area (Å²) >= 11 is 0. The van der Waals surface area contributed by atoms with Crippen LogP contribution in [0.25, 0.3) is 0 Å². The van der Waals surface area contributed by atoms with E-state index in [0.29, 0.717) is 19.3 Å². The number of hydrogen-bond acceptors (Lipinski definition) is 5. The van der Waals surface area contributed by atoms with Gasteiger partial charge in [0.15, 0.2) is 0 Å². The fraction of sp³-hybridized carbons (Fsp3) is 0.767. The number of hydrogen-bond donors (Lipinski definition) is 3. The molecule has 0 heterocycles. The van der Waals surface area contributed by atoms with Gasteiger partial charge < -0.3 is 20.3 Å². The minimum absolute atomic E-state index is 0.0410. The topological polar surface area (TPSA) is 95.9 Å². The van der Waals surface area contributed by atoms with Gasteiger partial charge in [0.1, 0.15) is 6.10 Å². The molecule has 0 aliphatic rings. The molecule has 0 saturated carbocycles. The number of aliphatic hydroxyl groups excluding tert-OH is 2. The van der Waals surface area contributed by atoms with E-state index in [1.165, 1.54) is 128 Å². The summed E-state index contributed by atoms with van der Waals surface area (Å²) in [5.74, 6) is -0.533. The van der Waals surface area contributed by atoms with Crippen molar-refractivity contribution in [3.8, 4) is 0 Å². The molecule has 382 valence electrons. The smallest absolute Gasteiger partial charge is 0.306 e. The van der Waals surface area contributed by atoms with Crippen LogP contribution < -0.4 is 5.32 Å². The van der Waals surface area contributed by atoms with E-state index in [0.717, 1.165) is 96.3 Å². The van der Waals surface area contributed by atoms with Crippen LogP contribution in [0.15, 0.2) is 72.9 Å². The van der Waals surface area contributed by atoms with Crippen LogP contribution in [0, 0.1) is 0 Å². The maximum atomic E-state index is 13.2. The van der Waals surface area contributed by atoms with Gasteiger partial charge in [0.05, 0.1) is 25.2 Å². The molecule has 3 N–H and O–H groups in total. The minimum atomic E-state index is -0.805. The van der Waals surface area contributed by atoms with Crippen molar-refractivity contribution in [1.82, 2.24) is 5.32 Å². The van der Waals surface area contributed by atoms with E-state index in [1.807, 2.05) is 0 Å². The van der Waals surface area contributed by atoms with E-state index in [9.17, 15) is 19.8 Å². The average molecular weight is 923 g/mol. The summed E-state index contributed by atoms with van der Waals surface area (Å²) in [6, 6.07) is -0.722. The molecule has 3 unspecified atom stereocenters. The third-order valence-corrected chi connectivity index (χ3v) is 12.6. The first-order chi connectivity index (χ1) is 32.5. The van der Waals surface area contributed by atoms with Crippen molar-refractivity contribution in [3.63, 3.8) is 0 Å². The van der Waals surface area contributed by atoms with E-state index >= 15 is 0 Å². The lowest BCUT2D eigenvalue weighted by Crippen LogP contribution is -2.46. The van der Waals surface area contributed by atoms with Gasteiger partial charge in [0.25, 0.3) is 0 Å². The predicted octanol–water partition coefficient (Wildman–Crippen LogP) is 17.3. The van der Waals surface area contributed by atoms with Crippen LogP contribution in [0.1, 0.15) is 271 Å². The molecule has 0 aromatic heterocycles. The molecule has 0 aliphatic carbocycles. The number of carbonyl (C=O) groups excluding carboxylic acids is 2. The standard InChI is InChI=1S/C60H107NO5/c1-4-7-10-13-16-19-22-25-27-29-31-33-35-38-41-44-47-50-53-60(65)66-56(51-48-45-42-39-36-24-21-18-15-12-9-6-3)54-59(64)61-57(55-62)58(63)52-49-46-43-40-37-34-32-30-28-26-23-20-17-14-11-8-5-2/h9,12,18,21-22,25,27,29,31,33,36,39,56-58,62-63H,4-8,10-11,13-17,19-20,23-24,26,28,30,32,34-35,37-38,40-55H2,1-3H3,(H,61,64)/b12-9+,21-18+,25-22+,29-27+,33-31+,39-36+. The fourth-order valence-corrected chi connectivity index (χ4v) is 8.33. The number of allylic oxidation sites excluding steroid dienone is 12. The highest BCUT2D eigenvalue weighted by atomic mass is 16.5. The number of nitrogens with one attached hydrogen (secondary N) is 1. The first-order valence-electron chi connectivity index (χ1n) is 28.2. The normalized spacial score (nSPS) is 13.7. The number of rotatable bonds is 50. The maximum absolute atomic E-state index is 13.2. The van der Waals surface area contributed by atoms with Crippen LogP contribution in [0.3, 0.4) is 0 Å². The molecule has 0 aromatic rings. The first-order valence-corrected chi connectivity index (χ1v) is 28.2. The zero-order chi connectivity index (χ0) is 48.1. The van der Waals surface area contributed by atoms with Gasteiger partial charge in [-0.25, -0.2) is 0 Å². The van der Waals surface area contributed by atoms with Crippen LogP contribution in [-0.4, -0.2) is 46.9 Å². The minimum Gasteiger partial charge on any atom is -0.462 e. The molecule has 1 amide bonds. The number of amides is 1. The van der Waals surface area contributed by atoms with E-state index in [4.69, 9.17) is 4.74 Å². The Morgan fingerprint density at radius 1 is 0.470 bits per heavy atom. The molecule has 0 bridgehead atoms. The molecule has 6 heteroatoms. The van der Waals surface area contributed by atoms with Crippen LogP contribution in [0.4, 0.5) is 0 Å². The van der Waals surface area contributed by atoms with Crippen molar-refractivity contribution >= 4 is 11.9 Å². The summed E-state index contributed by atoms with van der Waals surface area (Å²) in [5.41, 5.74) is 0. The third-order valence-electron chi connectivity index (χ3n) is 12.6. The van der Waals surface area contributed by atoms with E-state index < -0.39 is 18.2 Å². The summed E-state index contributed by atoms with van der Waals surface area (Å²) in [6.07, 6.45) is 68.3. The lowest BCUT2D eigenvalue weighted by molar-refractivity contribution is -0.151. The van der Waals surface area contributed by atoms with Gasteiger partial charge in [-0.15, -0.1) is 0 Å². The molecule has 6 nitrogen and oxygen atoms in total. The Balaban J connectivity index is 4.57. The zero-order valence-electron chi connectivity index (χ0n) is 43.6. The highest BCUT2D eigenvalue weighted by Gasteiger charge is 2.24. The SMILES string of the molecule is CC/C=C/C/C=C/C/C=C/CCCCC(CC(=O)NC(CO)C(O)CCCCCCCCCCCCCCCCCCC)OC(=O)CCCCCCC/C=C/C=C/C=C/CCCCCCC. The quantitative estimate of drug-likeness (QED) is 0.0244. The van der Waals surface area contributed by atoms with E-state index in [2.05, 4.69) is 99.0 Å². The Kier molecular flexibility index (Phi) is 51.1. The number of esters is 1. The van der Waals surface area contributed by atoms with Crippen molar-refractivity contribution in [2.75, 3.05) is 6.61 Å². The van der Waals surface area contributed by atoms with E-state index in [1.54, 1.807) is 0 Å². The Labute approximate surface area is 409 Å². The summed E-state index contributed by atoms with van der Waals surface area (Å²) in [4.78, 5) is 26.2.